The fourth-order valence-electron chi connectivity index (χ4n) is 1.75. The zero-order chi connectivity index (χ0) is 13.1. The number of hydrogen-bond donors (Lipinski definition) is 0. The molecule has 0 fully saturated rings. The van der Waals surface area contributed by atoms with Crippen LogP contribution in [0.3, 0.4) is 0 Å². The second-order valence-electron chi connectivity index (χ2n) is 4.14. The van der Waals surface area contributed by atoms with E-state index in [1.807, 2.05) is 32.0 Å². The number of carbonyl (C=O) groups excluding carboxylic acids is 1. The molecular weight excluding hydrogens is 231 g/mol. The first kappa shape index (κ1) is 12.3. The van der Waals surface area contributed by atoms with Gasteiger partial charge < -0.3 is 4.74 Å². The molecule has 92 valence electrons. The minimum atomic E-state index is -0.577. The van der Waals surface area contributed by atoms with Crippen LogP contribution in [-0.2, 0) is 0 Å². The lowest BCUT2D eigenvalue weighted by molar-refractivity contribution is 0.111. The quantitative estimate of drug-likeness (QED) is 0.761. The average Bonchev–Trinajstić information content (AvgIpc) is 2.33. The summed E-state index contributed by atoms with van der Waals surface area (Å²) in [6, 6.07) is 10.0. The van der Waals surface area contributed by atoms with Crippen LogP contribution in [0.1, 0.15) is 21.5 Å². The van der Waals surface area contributed by atoms with Crippen molar-refractivity contribution in [3.8, 4) is 11.5 Å². The zero-order valence-corrected chi connectivity index (χ0v) is 10.2. The van der Waals surface area contributed by atoms with Gasteiger partial charge in [0.1, 0.15) is 17.3 Å². The lowest BCUT2D eigenvalue weighted by Gasteiger charge is -2.11. The summed E-state index contributed by atoms with van der Waals surface area (Å²) in [5.41, 5.74) is 2.00. The number of carbonyl (C=O) groups is 1. The summed E-state index contributed by atoms with van der Waals surface area (Å²) < 4.78 is 19.0. The van der Waals surface area contributed by atoms with Gasteiger partial charge in [-0.3, -0.25) is 4.79 Å². The normalized spacial score (nSPS) is 10.2. The van der Waals surface area contributed by atoms with Crippen LogP contribution in [0.5, 0.6) is 11.5 Å². The van der Waals surface area contributed by atoms with Crippen molar-refractivity contribution >= 4 is 6.29 Å². The number of aldehydes is 1. The monoisotopic (exact) mass is 244 g/mol. The van der Waals surface area contributed by atoms with Gasteiger partial charge in [0.05, 0.1) is 5.56 Å². The molecule has 2 aromatic rings. The highest BCUT2D eigenvalue weighted by molar-refractivity contribution is 5.79. The third kappa shape index (κ3) is 2.40. The minimum Gasteiger partial charge on any atom is -0.456 e. The zero-order valence-electron chi connectivity index (χ0n) is 10.2. The maximum atomic E-state index is 13.4. The van der Waals surface area contributed by atoms with Gasteiger partial charge in [0.15, 0.2) is 6.29 Å². The van der Waals surface area contributed by atoms with Crippen molar-refractivity contribution in [1.82, 2.24) is 0 Å². The third-order valence-electron chi connectivity index (χ3n) is 2.68. The van der Waals surface area contributed by atoms with Crippen molar-refractivity contribution in [2.75, 3.05) is 0 Å². The number of rotatable bonds is 3. The predicted molar refractivity (Wildman–Crippen MR) is 67.8 cm³/mol. The molecule has 0 aliphatic rings. The van der Waals surface area contributed by atoms with E-state index in [0.29, 0.717) is 12.0 Å². The first-order valence-electron chi connectivity index (χ1n) is 5.60. The van der Waals surface area contributed by atoms with Crippen LogP contribution < -0.4 is 4.74 Å². The van der Waals surface area contributed by atoms with Gasteiger partial charge in [0, 0.05) is 0 Å². The Labute approximate surface area is 105 Å². The second-order valence-corrected chi connectivity index (χ2v) is 4.14. The predicted octanol–water partition coefficient (Wildman–Crippen LogP) is 4.05. The van der Waals surface area contributed by atoms with Crippen molar-refractivity contribution in [3.05, 3.63) is 58.9 Å². The molecule has 0 radical (unpaired) electrons. The van der Waals surface area contributed by atoms with Crippen LogP contribution in [0.2, 0.25) is 0 Å². The first-order valence-corrected chi connectivity index (χ1v) is 5.60. The molecule has 0 amide bonds. The van der Waals surface area contributed by atoms with Crippen LogP contribution in [-0.4, -0.2) is 6.29 Å². The Morgan fingerprint density at radius 2 is 1.89 bits per heavy atom. The molecule has 0 N–H and O–H groups in total. The van der Waals surface area contributed by atoms with Gasteiger partial charge in [0.25, 0.3) is 0 Å². The minimum absolute atomic E-state index is 0.0579. The van der Waals surface area contributed by atoms with Crippen molar-refractivity contribution in [2.24, 2.45) is 0 Å². The molecule has 0 atom stereocenters. The maximum absolute atomic E-state index is 13.4. The Balaban J connectivity index is 2.40. The summed E-state index contributed by atoms with van der Waals surface area (Å²) in [4.78, 5) is 10.9. The molecule has 3 heteroatoms. The number of aryl methyl sites for hydroxylation is 2. The standard InChI is InChI=1S/C15H13FO2/c1-10-6-7-14(11(2)8-10)18-15-5-3-4-13(16)12(15)9-17/h3-9H,1-2H3. The Morgan fingerprint density at radius 1 is 1.11 bits per heavy atom. The van der Waals surface area contributed by atoms with Gasteiger partial charge in [-0.05, 0) is 37.6 Å². The van der Waals surface area contributed by atoms with E-state index in [-0.39, 0.29) is 11.3 Å². The van der Waals surface area contributed by atoms with E-state index < -0.39 is 5.82 Å². The molecule has 0 aliphatic carbocycles. The summed E-state index contributed by atoms with van der Waals surface area (Å²) in [7, 11) is 0. The number of ether oxygens (including phenoxy) is 1. The highest BCUT2D eigenvalue weighted by atomic mass is 19.1. The molecule has 2 rings (SSSR count). The van der Waals surface area contributed by atoms with E-state index in [1.165, 1.54) is 12.1 Å². The molecule has 0 aromatic heterocycles. The van der Waals surface area contributed by atoms with E-state index >= 15 is 0 Å². The lowest BCUT2D eigenvalue weighted by Crippen LogP contribution is -1.95. The highest BCUT2D eigenvalue weighted by Crippen LogP contribution is 2.28. The topological polar surface area (TPSA) is 26.3 Å². The van der Waals surface area contributed by atoms with Gasteiger partial charge in [-0.25, -0.2) is 4.39 Å². The van der Waals surface area contributed by atoms with E-state index in [0.717, 1.165) is 11.1 Å². The van der Waals surface area contributed by atoms with Gasteiger partial charge in [-0.1, -0.05) is 23.8 Å². The van der Waals surface area contributed by atoms with Gasteiger partial charge in [0.2, 0.25) is 0 Å². The molecule has 0 saturated carbocycles. The largest absolute Gasteiger partial charge is 0.456 e. The van der Waals surface area contributed by atoms with Crippen LogP contribution >= 0.6 is 0 Å². The van der Waals surface area contributed by atoms with Gasteiger partial charge >= 0.3 is 0 Å². The van der Waals surface area contributed by atoms with Crippen LogP contribution in [0.4, 0.5) is 4.39 Å². The third-order valence-corrected chi connectivity index (χ3v) is 2.68. The molecule has 2 nitrogen and oxygen atoms in total. The smallest absolute Gasteiger partial charge is 0.156 e. The Hall–Kier alpha value is -2.16. The molecule has 0 aliphatic heterocycles. The van der Waals surface area contributed by atoms with Crippen molar-refractivity contribution in [3.63, 3.8) is 0 Å². The first-order chi connectivity index (χ1) is 8.61. The van der Waals surface area contributed by atoms with Crippen molar-refractivity contribution < 1.29 is 13.9 Å². The van der Waals surface area contributed by atoms with E-state index in [9.17, 15) is 9.18 Å². The number of benzene rings is 2. The molecule has 0 bridgehead atoms. The second kappa shape index (κ2) is 5.00. The summed E-state index contributed by atoms with van der Waals surface area (Å²) in [6.45, 7) is 3.89. The summed E-state index contributed by atoms with van der Waals surface area (Å²) >= 11 is 0. The fourth-order valence-corrected chi connectivity index (χ4v) is 1.75. The molecule has 0 saturated heterocycles. The Morgan fingerprint density at radius 3 is 2.56 bits per heavy atom. The summed E-state index contributed by atoms with van der Waals surface area (Å²) in [6.07, 6.45) is 0.466. The number of halogens is 1. The maximum Gasteiger partial charge on any atom is 0.156 e. The van der Waals surface area contributed by atoms with E-state index in [4.69, 9.17) is 4.74 Å². The Kier molecular flexibility index (Phi) is 3.42. The van der Waals surface area contributed by atoms with E-state index in [2.05, 4.69) is 0 Å². The number of hydrogen-bond acceptors (Lipinski definition) is 2. The Bertz CT molecular complexity index is 591. The summed E-state index contributed by atoms with van der Waals surface area (Å²) in [5.74, 6) is 0.276. The molecule has 0 heterocycles. The van der Waals surface area contributed by atoms with Crippen molar-refractivity contribution in [1.29, 1.82) is 0 Å². The average molecular weight is 244 g/mol. The fraction of sp³-hybridized carbons (Fsp3) is 0.133. The van der Waals surface area contributed by atoms with Crippen LogP contribution in [0.25, 0.3) is 0 Å². The molecule has 2 aromatic carbocycles. The highest BCUT2D eigenvalue weighted by Gasteiger charge is 2.10. The SMILES string of the molecule is Cc1ccc(Oc2cccc(F)c2C=O)c(C)c1. The lowest BCUT2D eigenvalue weighted by atomic mass is 10.1. The van der Waals surface area contributed by atoms with Gasteiger partial charge in [-0.2, -0.15) is 0 Å². The van der Waals surface area contributed by atoms with Crippen LogP contribution in [0.15, 0.2) is 36.4 Å². The summed E-state index contributed by atoms with van der Waals surface area (Å²) in [5, 5.41) is 0. The molecule has 0 unspecified atom stereocenters. The molecule has 0 spiro atoms. The van der Waals surface area contributed by atoms with Crippen LogP contribution in [0, 0.1) is 19.7 Å². The van der Waals surface area contributed by atoms with E-state index in [1.54, 1.807) is 6.07 Å². The molecular formula is C15H13FO2. The van der Waals surface area contributed by atoms with Crippen molar-refractivity contribution in [2.45, 2.75) is 13.8 Å². The molecule has 18 heavy (non-hydrogen) atoms. The van der Waals surface area contributed by atoms with Gasteiger partial charge in [-0.15, -0.1) is 0 Å².